The van der Waals surface area contributed by atoms with E-state index in [0.29, 0.717) is 18.8 Å². The molecule has 0 saturated heterocycles. The SMILES string of the molecule is CC(C)NC(=O)CCN(CCc1ccccc1)C(=O)c1cnccn1. The van der Waals surface area contributed by atoms with Gasteiger partial charge in [-0.1, -0.05) is 30.3 Å². The largest absolute Gasteiger partial charge is 0.354 e. The number of hydrogen-bond acceptors (Lipinski definition) is 4. The Morgan fingerprint density at radius 2 is 1.88 bits per heavy atom. The average molecular weight is 340 g/mol. The molecule has 0 aliphatic heterocycles. The molecule has 25 heavy (non-hydrogen) atoms. The van der Waals surface area contributed by atoms with E-state index in [1.54, 1.807) is 4.90 Å². The van der Waals surface area contributed by atoms with Crippen LogP contribution in [-0.4, -0.2) is 45.8 Å². The summed E-state index contributed by atoms with van der Waals surface area (Å²) in [5, 5.41) is 2.85. The fraction of sp³-hybridized carbons (Fsp3) is 0.368. The van der Waals surface area contributed by atoms with Crippen LogP contribution in [0.1, 0.15) is 36.3 Å². The summed E-state index contributed by atoms with van der Waals surface area (Å²) in [5.41, 5.74) is 1.44. The van der Waals surface area contributed by atoms with Crippen molar-refractivity contribution in [2.45, 2.75) is 32.7 Å². The van der Waals surface area contributed by atoms with Crippen LogP contribution in [0.3, 0.4) is 0 Å². The summed E-state index contributed by atoms with van der Waals surface area (Å²) in [6.07, 6.45) is 5.46. The summed E-state index contributed by atoms with van der Waals surface area (Å²) >= 11 is 0. The van der Waals surface area contributed by atoms with Gasteiger partial charge in [0, 0.05) is 37.9 Å². The Bertz CT molecular complexity index is 674. The van der Waals surface area contributed by atoms with E-state index >= 15 is 0 Å². The van der Waals surface area contributed by atoms with E-state index in [0.717, 1.165) is 12.0 Å². The quantitative estimate of drug-likeness (QED) is 0.798. The third-order valence-corrected chi connectivity index (χ3v) is 3.64. The third kappa shape index (κ3) is 6.33. The van der Waals surface area contributed by atoms with Crippen LogP contribution < -0.4 is 5.32 Å². The van der Waals surface area contributed by atoms with Crippen LogP contribution in [0.4, 0.5) is 0 Å². The van der Waals surface area contributed by atoms with Gasteiger partial charge in [0.1, 0.15) is 5.69 Å². The molecule has 6 nitrogen and oxygen atoms in total. The van der Waals surface area contributed by atoms with E-state index in [1.165, 1.54) is 18.6 Å². The molecule has 2 rings (SSSR count). The molecule has 2 aromatic rings. The molecule has 0 fully saturated rings. The highest BCUT2D eigenvalue weighted by Gasteiger charge is 2.18. The number of nitrogens with zero attached hydrogens (tertiary/aromatic N) is 3. The van der Waals surface area contributed by atoms with Gasteiger partial charge < -0.3 is 10.2 Å². The van der Waals surface area contributed by atoms with Gasteiger partial charge in [0.25, 0.3) is 5.91 Å². The molecule has 1 aromatic carbocycles. The van der Waals surface area contributed by atoms with Gasteiger partial charge in [0.05, 0.1) is 6.20 Å². The maximum Gasteiger partial charge on any atom is 0.274 e. The zero-order valence-electron chi connectivity index (χ0n) is 14.7. The predicted molar refractivity (Wildman–Crippen MR) is 96.0 cm³/mol. The molecule has 1 N–H and O–H groups in total. The van der Waals surface area contributed by atoms with Crippen LogP contribution in [-0.2, 0) is 11.2 Å². The van der Waals surface area contributed by atoms with Gasteiger partial charge in [0.15, 0.2) is 0 Å². The molecule has 0 unspecified atom stereocenters. The van der Waals surface area contributed by atoms with E-state index in [4.69, 9.17) is 0 Å². The molecule has 1 heterocycles. The van der Waals surface area contributed by atoms with Crippen molar-refractivity contribution in [1.29, 1.82) is 0 Å². The Labute approximate surface area is 148 Å². The molecule has 0 saturated carbocycles. The van der Waals surface area contributed by atoms with Crippen molar-refractivity contribution in [3.63, 3.8) is 0 Å². The molecule has 0 atom stereocenters. The lowest BCUT2D eigenvalue weighted by Crippen LogP contribution is -2.38. The molecule has 1 aromatic heterocycles. The molecule has 6 heteroatoms. The van der Waals surface area contributed by atoms with Crippen molar-refractivity contribution in [1.82, 2.24) is 20.2 Å². The highest BCUT2D eigenvalue weighted by molar-refractivity contribution is 5.92. The minimum Gasteiger partial charge on any atom is -0.354 e. The lowest BCUT2D eigenvalue weighted by molar-refractivity contribution is -0.121. The Kier molecular flexibility index (Phi) is 7.07. The van der Waals surface area contributed by atoms with Crippen molar-refractivity contribution in [2.24, 2.45) is 0 Å². The first-order valence-electron chi connectivity index (χ1n) is 8.45. The summed E-state index contributed by atoms with van der Waals surface area (Å²) in [4.78, 5) is 34.3. The summed E-state index contributed by atoms with van der Waals surface area (Å²) in [7, 11) is 0. The van der Waals surface area contributed by atoms with E-state index in [1.807, 2.05) is 44.2 Å². The van der Waals surface area contributed by atoms with Crippen molar-refractivity contribution >= 4 is 11.8 Å². The molecular weight excluding hydrogens is 316 g/mol. The number of benzene rings is 1. The van der Waals surface area contributed by atoms with Gasteiger partial charge in [-0.15, -0.1) is 0 Å². The minimum absolute atomic E-state index is 0.0633. The van der Waals surface area contributed by atoms with Crippen molar-refractivity contribution in [3.8, 4) is 0 Å². The average Bonchev–Trinajstić information content (AvgIpc) is 2.62. The van der Waals surface area contributed by atoms with Crippen molar-refractivity contribution in [2.75, 3.05) is 13.1 Å². The lowest BCUT2D eigenvalue weighted by atomic mass is 10.1. The Morgan fingerprint density at radius 1 is 1.12 bits per heavy atom. The first kappa shape index (κ1) is 18.6. The van der Waals surface area contributed by atoms with Gasteiger partial charge in [-0.25, -0.2) is 4.98 Å². The van der Waals surface area contributed by atoms with E-state index in [-0.39, 0.29) is 24.3 Å². The molecule has 0 aliphatic carbocycles. The van der Waals surface area contributed by atoms with E-state index in [2.05, 4.69) is 15.3 Å². The van der Waals surface area contributed by atoms with Gasteiger partial charge in [0.2, 0.25) is 5.91 Å². The summed E-state index contributed by atoms with van der Waals surface area (Å²) < 4.78 is 0. The predicted octanol–water partition coefficient (Wildman–Crippen LogP) is 2.08. The highest BCUT2D eigenvalue weighted by atomic mass is 16.2. The molecule has 0 bridgehead atoms. The molecule has 0 aliphatic rings. The number of carbonyl (C=O) groups excluding carboxylic acids is 2. The number of aromatic nitrogens is 2. The van der Waals surface area contributed by atoms with Crippen molar-refractivity contribution in [3.05, 3.63) is 60.2 Å². The molecular formula is C19H24N4O2. The molecule has 2 amide bonds. The van der Waals surface area contributed by atoms with Gasteiger partial charge in [-0.2, -0.15) is 0 Å². The Hall–Kier alpha value is -2.76. The summed E-state index contributed by atoms with van der Waals surface area (Å²) in [5.74, 6) is -0.270. The van der Waals surface area contributed by atoms with Crippen LogP contribution in [0, 0.1) is 0 Å². The monoisotopic (exact) mass is 340 g/mol. The highest BCUT2D eigenvalue weighted by Crippen LogP contribution is 2.06. The summed E-state index contributed by atoms with van der Waals surface area (Å²) in [6.45, 7) is 4.70. The zero-order valence-corrected chi connectivity index (χ0v) is 14.7. The van der Waals surface area contributed by atoms with Crippen LogP contribution in [0.2, 0.25) is 0 Å². The Morgan fingerprint density at radius 3 is 2.52 bits per heavy atom. The fourth-order valence-corrected chi connectivity index (χ4v) is 2.43. The maximum absolute atomic E-state index is 12.7. The van der Waals surface area contributed by atoms with Gasteiger partial charge >= 0.3 is 0 Å². The van der Waals surface area contributed by atoms with E-state index < -0.39 is 0 Å². The standard InChI is InChI=1S/C19H24N4O2/c1-15(2)22-18(24)9-13-23(12-8-16-6-4-3-5-7-16)19(25)17-14-20-10-11-21-17/h3-7,10-11,14-15H,8-9,12-13H2,1-2H3,(H,22,24). The fourth-order valence-electron chi connectivity index (χ4n) is 2.43. The minimum atomic E-state index is -0.207. The Balaban J connectivity index is 2.02. The van der Waals surface area contributed by atoms with E-state index in [9.17, 15) is 9.59 Å². The number of nitrogens with one attached hydrogen (secondary N) is 1. The topological polar surface area (TPSA) is 75.2 Å². The smallest absolute Gasteiger partial charge is 0.274 e. The number of carbonyl (C=O) groups is 2. The van der Waals surface area contributed by atoms with Crippen LogP contribution in [0.25, 0.3) is 0 Å². The first-order chi connectivity index (χ1) is 12.1. The van der Waals surface area contributed by atoms with Crippen molar-refractivity contribution < 1.29 is 9.59 Å². The molecule has 0 spiro atoms. The number of amides is 2. The second-order valence-electron chi connectivity index (χ2n) is 6.09. The molecule has 132 valence electrons. The van der Waals surface area contributed by atoms with Crippen LogP contribution >= 0.6 is 0 Å². The number of rotatable bonds is 8. The normalized spacial score (nSPS) is 10.5. The van der Waals surface area contributed by atoms with Crippen LogP contribution in [0.5, 0.6) is 0 Å². The lowest BCUT2D eigenvalue weighted by Gasteiger charge is -2.22. The third-order valence-electron chi connectivity index (χ3n) is 3.64. The second kappa shape index (κ2) is 9.52. The second-order valence-corrected chi connectivity index (χ2v) is 6.09. The number of hydrogen-bond donors (Lipinski definition) is 1. The molecule has 0 radical (unpaired) electrons. The van der Waals surface area contributed by atoms with Gasteiger partial charge in [-0.05, 0) is 25.8 Å². The van der Waals surface area contributed by atoms with Gasteiger partial charge in [-0.3, -0.25) is 14.6 Å². The summed E-state index contributed by atoms with van der Waals surface area (Å²) in [6, 6.07) is 10.0. The zero-order chi connectivity index (χ0) is 18.1. The first-order valence-corrected chi connectivity index (χ1v) is 8.45. The van der Waals surface area contributed by atoms with Crippen LogP contribution in [0.15, 0.2) is 48.9 Å². The maximum atomic E-state index is 12.7.